The molecule has 6 heteroatoms. The van der Waals surface area contributed by atoms with Crippen molar-refractivity contribution in [1.82, 2.24) is 0 Å². The first-order chi connectivity index (χ1) is 33.0. The summed E-state index contributed by atoms with van der Waals surface area (Å²) in [5.74, 6) is -0.935. The Hall–Kier alpha value is -3.67. The third-order valence-corrected chi connectivity index (χ3v) is 11.6. The van der Waals surface area contributed by atoms with Crippen molar-refractivity contribution >= 4 is 17.9 Å². The van der Waals surface area contributed by atoms with E-state index in [1.165, 1.54) is 96.3 Å². The fourth-order valence-corrected chi connectivity index (χ4v) is 7.53. The molecule has 0 rings (SSSR count). The highest BCUT2D eigenvalue weighted by Crippen LogP contribution is 2.15. The summed E-state index contributed by atoms with van der Waals surface area (Å²) in [7, 11) is 0. The summed E-state index contributed by atoms with van der Waals surface area (Å²) in [4.78, 5) is 38.1. The summed E-state index contributed by atoms with van der Waals surface area (Å²) in [6.07, 6.45) is 72.5. The number of hydrogen-bond donors (Lipinski definition) is 0. The van der Waals surface area contributed by atoms with Gasteiger partial charge in [0.25, 0.3) is 0 Å². The highest BCUT2D eigenvalue weighted by atomic mass is 16.6. The topological polar surface area (TPSA) is 78.9 Å². The minimum absolute atomic E-state index is 0.0920. The van der Waals surface area contributed by atoms with Crippen LogP contribution >= 0.6 is 0 Å². The second-order valence-corrected chi connectivity index (χ2v) is 18.1. The number of carbonyl (C=O) groups is 3. The van der Waals surface area contributed by atoms with Crippen molar-refractivity contribution in [2.24, 2.45) is 0 Å². The summed E-state index contributed by atoms with van der Waals surface area (Å²) in [5.41, 5.74) is 0. The van der Waals surface area contributed by atoms with Crippen molar-refractivity contribution in [3.63, 3.8) is 0 Å². The Morgan fingerprint density at radius 2 is 0.657 bits per heavy atom. The molecule has 0 amide bonds. The predicted octanol–water partition coefficient (Wildman–Crippen LogP) is 18.5. The van der Waals surface area contributed by atoms with Crippen LogP contribution in [-0.2, 0) is 28.6 Å². The molecule has 0 aromatic carbocycles. The van der Waals surface area contributed by atoms with Gasteiger partial charge in [0.1, 0.15) is 13.2 Å². The molecule has 1 atom stereocenters. The summed E-state index contributed by atoms with van der Waals surface area (Å²) < 4.78 is 16.8. The fourth-order valence-electron chi connectivity index (χ4n) is 7.53. The average molecular weight is 931 g/mol. The number of hydrogen-bond acceptors (Lipinski definition) is 6. The maximum absolute atomic E-state index is 12.8. The van der Waals surface area contributed by atoms with Gasteiger partial charge in [0.15, 0.2) is 6.10 Å². The molecule has 0 radical (unpaired) electrons. The van der Waals surface area contributed by atoms with Crippen LogP contribution in [-0.4, -0.2) is 37.2 Å². The van der Waals surface area contributed by atoms with E-state index in [1.54, 1.807) is 0 Å². The van der Waals surface area contributed by atoms with Crippen LogP contribution < -0.4 is 0 Å². The number of carbonyl (C=O) groups excluding carboxylic acids is 3. The molecule has 0 fully saturated rings. The molecule has 0 saturated heterocycles. The number of ether oxygens (including phenoxy) is 3. The summed E-state index contributed by atoms with van der Waals surface area (Å²) in [5, 5.41) is 0. The van der Waals surface area contributed by atoms with Crippen LogP contribution in [0.15, 0.2) is 97.2 Å². The van der Waals surface area contributed by atoms with Gasteiger partial charge in [0, 0.05) is 19.3 Å². The van der Waals surface area contributed by atoms with Crippen LogP contribution in [0.2, 0.25) is 0 Å². The first-order valence-electron chi connectivity index (χ1n) is 27.8. The second kappa shape index (κ2) is 54.9. The van der Waals surface area contributed by atoms with Gasteiger partial charge in [0.2, 0.25) is 0 Å². The minimum atomic E-state index is -0.797. The lowest BCUT2D eigenvalue weighted by Crippen LogP contribution is -2.30. The summed E-state index contributed by atoms with van der Waals surface area (Å²) in [6.45, 7) is 6.37. The lowest BCUT2D eigenvalue weighted by Gasteiger charge is -2.18. The van der Waals surface area contributed by atoms with Gasteiger partial charge in [0.05, 0.1) is 0 Å². The Morgan fingerprint density at radius 3 is 1.09 bits per heavy atom. The van der Waals surface area contributed by atoms with Crippen LogP contribution in [0.25, 0.3) is 0 Å². The largest absolute Gasteiger partial charge is 0.462 e. The average Bonchev–Trinajstić information content (AvgIpc) is 3.33. The van der Waals surface area contributed by atoms with E-state index < -0.39 is 6.10 Å². The van der Waals surface area contributed by atoms with Crippen molar-refractivity contribution in [1.29, 1.82) is 0 Å². The molecular formula is C61H102O6. The number of unbranched alkanes of at least 4 members (excludes halogenated alkanes) is 24. The Labute approximate surface area is 413 Å². The number of esters is 3. The lowest BCUT2D eigenvalue weighted by atomic mass is 10.0. The summed E-state index contributed by atoms with van der Waals surface area (Å²) in [6, 6.07) is 0. The third kappa shape index (κ3) is 53.2. The molecule has 6 nitrogen and oxygen atoms in total. The lowest BCUT2D eigenvalue weighted by molar-refractivity contribution is -0.167. The zero-order valence-corrected chi connectivity index (χ0v) is 43.6. The van der Waals surface area contributed by atoms with Crippen LogP contribution in [0.4, 0.5) is 0 Å². The molecule has 0 heterocycles. The Bertz CT molecular complexity index is 1350. The third-order valence-electron chi connectivity index (χ3n) is 11.6. The van der Waals surface area contributed by atoms with E-state index in [9.17, 15) is 14.4 Å². The molecule has 0 bridgehead atoms. The van der Waals surface area contributed by atoms with E-state index in [-0.39, 0.29) is 31.1 Å². The second-order valence-electron chi connectivity index (χ2n) is 18.1. The van der Waals surface area contributed by atoms with E-state index in [4.69, 9.17) is 14.2 Å². The molecule has 0 N–H and O–H groups in total. The van der Waals surface area contributed by atoms with E-state index >= 15 is 0 Å². The minimum Gasteiger partial charge on any atom is -0.462 e. The molecule has 0 aliphatic heterocycles. The Kier molecular flexibility index (Phi) is 51.9. The van der Waals surface area contributed by atoms with Crippen molar-refractivity contribution in [2.75, 3.05) is 13.2 Å². The van der Waals surface area contributed by atoms with Gasteiger partial charge in [-0.1, -0.05) is 246 Å². The zero-order valence-electron chi connectivity index (χ0n) is 43.6. The van der Waals surface area contributed by atoms with E-state index in [0.29, 0.717) is 19.3 Å². The van der Waals surface area contributed by atoms with Crippen molar-refractivity contribution in [3.05, 3.63) is 97.2 Å². The quantitative estimate of drug-likeness (QED) is 0.0199. The molecule has 0 aromatic heterocycles. The highest BCUT2D eigenvalue weighted by Gasteiger charge is 2.19. The van der Waals surface area contributed by atoms with Gasteiger partial charge in [-0.25, -0.2) is 0 Å². The van der Waals surface area contributed by atoms with Gasteiger partial charge in [-0.3, -0.25) is 14.4 Å². The van der Waals surface area contributed by atoms with Crippen LogP contribution in [0.3, 0.4) is 0 Å². The van der Waals surface area contributed by atoms with Gasteiger partial charge >= 0.3 is 17.9 Å². The predicted molar refractivity (Wildman–Crippen MR) is 288 cm³/mol. The molecule has 67 heavy (non-hydrogen) atoms. The standard InChI is InChI=1S/C61H102O6/c1-4-7-10-13-16-19-22-25-28-29-30-31-34-36-39-42-45-48-51-54-60(63)66-57-58(67-61(64)55-52-49-46-43-40-37-33-27-24-21-18-15-12-9-6-3)56-65-59(62)53-50-47-44-41-38-35-32-26-23-20-17-14-11-8-5-2/h7,9-10,12,15-16,18-19,21,24-25,28,30-31,36,39,58H,4-6,8,11,13-14,17,20,22-23,26-27,29,32-35,37-38,40-57H2,1-3H3/b10-7-,12-9-,18-15-,19-16-,24-21-,28-25-,31-30-,39-36-. The smallest absolute Gasteiger partial charge is 0.306 e. The fraction of sp³-hybridized carbons (Fsp3) is 0.689. The monoisotopic (exact) mass is 931 g/mol. The SMILES string of the molecule is CC\C=C/C=C\C=C/CCCCCCCCCC(=O)OC(COC(=O)CCCCC/C=C\C/C=C\C/C=C\C/C=C\C/C=C\CC)COC(=O)CCCCCCCCCCCCCCCCC. The van der Waals surface area contributed by atoms with Crippen LogP contribution in [0, 0.1) is 0 Å². The molecule has 382 valence electrons. The molecule has 0 aromatic rings. The molecule has 0 spiro atoms. The van der Waals surface area contributed by atoms with E-state index in [1.807, 2.05) is 0 Å². The Morgan fingerprint density at radius 1 is 0.328 bits per heavy atom. The van der Waals surface area contributed by atoms with Gasteiger partial charge in [-0.2, -0.15) is 0 Å². The molecule has 0 saturated carbocycles. The molecular weight excluding hydrogens is 829 g/mol. The molecule has 1 unspecified atom stereocenters. The first-order valence-corrected chi connectivity index (χ1v) is 27.8. The van der Waals surface area contributed by atoms with E-state index in [2.05, 4.69) is 118 Å². The van der Waals surface area contributed by atoms with Crippen molar-refractivity contribution < 1.29 is 28.6 Å². The van der Waals surface area contributed by atoms with Gasteiger partial charge in [-0.15, -0.1) is 0 Å². The van der Waals surface area contributed by atoms with Crippen LogP contribution in [0.5, 0.6) is 0 Å². The number of rotatable bonds is 49. The van der Waals surface area contributed by atoms with Crippen molar-refractivity contribution in [2.45, 2.75) is 258 Å². The molecule has 0 aliphatic rings. The van der Waals surface area contributed by atoms with Crippen LogP contribution in [0.1, 0.15) is 252 Å². The summed E-state index contributed by atoms with van der Waals surface area (Å²) >= 11 is 0. The van der Waals surface area contributed by atoms with Crippen molar-refractivity contribution in [3.8, 4) is 0 Å². The zero-order chi connectivity index (χ0) is 48.6. The first kappa shape index (κ1) is 63.3. The Balaban J connectivity index is 4.45. The van der Waals surface area contributed by atoms with Gasteiger partial charge < -0.3 is 14.2 Å². The normalized spacial score (nSPS) is 12.8. The van der Waals surface area contributed by atoms with Gasteiger partial charge in [-0.05, 0) is 83.5 Å². The molecule has 0 aliphatic carbocycles. The van der Waals surface area contributed by atoms with E-state index in [0.717, 1.165) is 116 Å². The highest BCUT2D eigenvalue weighted by molar-refractivity contribution is 5.71. The maximum Gasteiger partial charge on any atom is 0.306 e. The maximum atomic E-state index is 12.8. The number of allylic oxidation sites excluding steroid dienone is 16.